The van der Waals surface area contributed by atoms with Crippen molar-refractivity contribution >= 4 is 5.91 Å². The smallest absolute Gasteiger partial charge is 0.254 e. The number of halogens is 1. The molecule has 0 atom stereocenters. The fourth-order valence-corrected chi connectivity index (χ4v) is 3.99. The molecular formula is C22H27FN6O. The first-order chi connectivity index (χ1) is 14.5. The quantitative estimate of drug-likeness (QED) is 0.675. The third-order valence-electron chi connectivity index (χ3n) is 5.49. The Kier molecular flexibility index (Phi) is 5.92. The summed E-state index contributed by atoms with van der Waals surface area (Å²) in [5.41, 5.74) is 2.06. The molecular weight excluding hydrogens is 383 g/mol. The molecule has 0 bridgehead atoms. The average molecular weight is 410 g/mol. The number of hydrogen-bond donors (Lipinski definition) is 1. The molecule has 0 spiro atoms. The largest absolute Gasteiger partial charge is 0.351 e. The standard InChI is InChI=1S/C22H27FN6O/c1-15(2)21-18(14-25-29(21)17-9-7-16(23)8-10-17)22(30)24-12-11-20-27-26-19-6-4-3-5-13-28(19)20/h7-10,14-15H,3-6,11-13H2,1-2H3,(H,24,30). The number of carbonyl (C=O) groups excluding carboxylic acids is 1. The van der Waals surface area contributed by atoms with E-state index in [2.05, 4.69) is 25.2 Å². The van der Waals surface area contributed by atoms with Crippen LogP contribution in [0.5, 0.6) is 0 Å². The first-order valence-corrected chi connectivity index (χ1v) is 10.6. The Morgan fingerprint density at radius 1 is 1.17 bits per heavy atom. The maximum Gasteiger partial charge on any atom is 0.254 e. The predicted molar refractivity (Wildman–Crippen MR) is 111 cm³/mol. The molecule has 1 aliphatic heterocycles. The van der Waals surface area contributed by atoms with E-state index in [-0.39, 0.29) is 17.6 Å². The molecule has 0 radical (unpaired) electrons. The number of nitrogens with one attached hydrogen (secondary N) is 1. The Balaban J connectivity index is 1.46. The van der Waals surface area contributed by atoms with E-state index in [1.165, 1.54) is 18.6 Å². The number of fused-ring (bicyclic) bond motifs is 1. The monoisotopic (exact) mass is 410 g/mol. The summed E-state index contributed by atoms with van der Waals surface area (Å²) >= 11 is 0. The third kappa shape index (κ3) is 4.13. The Bertz CT molecular complexity index is 1020. The number of aromatic nitrogens is 5. The van der Waals surface area contributed by atoms with Gasteiger partial charge in [0.15, 0.2) is 0 Å². The van der Waals surface area contributed by atoms with E-state index in [4.69, 9.17) is 0 Å². The first kappa shape index (κ1) is 20.3. The van der Waals surface area contributed by atoms with Crippen molar-refractivity contribution in [2.24, 2.45) is 0 Å². The van der Waals surface area contributed by atoms with Gasteiger partial charge in [0.2, 0.25) is 0 Å². The van der Waals surface area contributed by atoms with E-state index in [9.17, 15) is 9.18 Å². The molecule has 2 aromatic heterocycles. The highest BCUT2D eigenvalue weighted by atomic mass is 19.1. The van der Waals surface area contributed by atoms with Gasteiger partial charge in [-0.05, 0) is 43.0 Å². The number of aryl methyl sites for hydroxylation is 1. The van der Waals surface area contributed by atoms with Crippen molar-refractivity contribution in [2.75, 3.05) is 6.54 Å². The zero-order valence-electron chi connectivity index (χ0n) is 17.4. The van der Waals surface area contributed by atoms with Crippen molar-refractivity contribution in [3.63, 3.8) is 0 Å². The predicted octanol–water partition coefficient (Wildman–Crippen LogP) is 3.43. The SMILES string of the molecule is CC(C)c1c(C(=O)NCCc2nnc3n2CCCCC3)cnn1-c1ccc(F)cc1. The fourth-order valence-electron chi connectivity index (χ4n) is 3.99. The van der Waals surface area contributed by atoms with Crippen LogP contribution in [0.4, 0.5) is 4.39 Å². The summed E-state index contributed by atoms with van der Waals surface area (Å²) in [6.07, 6.45) is 6.71. The van der Waals surface area contributed by atoms with Crippen LogP contribution in [0.15, 0.2) is 30.5 Å². The van der Waals surface area contributed by atoms with Crippen molar-refractivity contribution in [3.05, 3.63) is 59.2 Å². The van der Waals surface area contributed by atoms with Crippen molar-refractivity contribution in [1.82, 2.24) is 29.9 Å². The lowest BCUT2D eigenvalue weighted by molar-refractivity contribution is 0.0952. The summed E-state index contributed by atoms with van der Waals surface area (Å²) in [5.74, 6) is 1.59. The van der Waals surface area contributed by atoms with Gasteiger partial charge in [-0.3, -0.25) is 4.79 Å². The molecule has 158 valence electrons. The molecule has 8 heteroatoms. The normalized spacial score (nSPS) is 13.9. The highest BCUT2D eigenvalue weighted by Crippen LogP contribution is 2.23. The van der Waals surface area contributed by atoms with E-state index in [1.54, 1.807) is 23.0 Å². The van der Waals surface area contributed by atoms with Crippen molar-refractivity contribution in [1.29, 1.82) is 0 Å². The van der Waals surface area contributed by atoms with Gasteiger partial charge in [0.1, 0.15) is 17.5 Å². The minimum atomic E-state index is -0.304. The van der Waals surface area contributed by atoms with Gasteiger partial charge >= 0.3 is 0 Å². The maximum atomic E-state index is 13.3. The Hall–Kier alpha value is -3.03. The van der Waals surface area contributed by atoms with Crippen molar-refractivity contribution in [2.45, 2.75) is 58.4 Å². The van der Waals surface area contributed by atoms with Gasteiger partial charge in [-0.2, -0.15) is 5.10 Å². The van der Waals surface area contributed by atoms with E-state index < -0.39 is 0 Å². The summed E-state index contributed by atoms with van der Waals surface area (Å²) in [5, 5.41) is 16.0. The van der Waals surface area contributed by atoms with Crippen LogP contribution in [0.25, 0.3) is 5.69 Å². The van der Waals surface area contributed by atoms with E-state index in [0.29, 0.717) is 18.5 Å². The molecule has 1 amide bonds. The summed E-state index contributed by atoms with van der Waals surface area (Å²) in [4.78, 5) is 12.9. The molecule has 3 aromatic rings. The zero-order chi connectivity index (χ0) is 21.1. The van der Waals surface area contributed by atoms with Crippen LogP contribution in [0.3, 0.4) is 0 Å². The topological polar surface area (TPSA) is 77.6 Å². The molecule has 1 N–H and O–H groups in total. The highest BCUT2D eigenvalue weighted by Gasteiger charge is 2.21. The van der Waals surface area contributed by atoms with Gasteiger partial charge in [0, 0.05) is 25.9 Å². The maximum absolute atomic E-state index is 13.3. The Morgan fingerprint density at radius 3 is 2.73 bits per heavy atom. The lowest BCUT2D eigenvalue weighted by Crippen LogP contribution is -2.27. The van der Waals surface area contributed by atoms with E-state index in [1.807, 2.05) is 13.8 Å². The lowest BCUT2D eigenvalue weighted by Gasteiger charge is -2.13. The summed E-state index contributed by atoms with van der Waals surface area (Å²) in [6, 6.07) is 6.10. The number of rotatable bonds is 6. The van der Waals surface area contributed by atoms with Crippen molar-refractivity contribution < 1.29 is 9.18 Å². The fraction of sp³-hybridized carbons (Fsp3) is 0.455. The summed E-state index contributed by atoms with van der Waals surface area (Å²) in [6.45, 7) is 5.46. The molecule has 1 aliphatic rings. The summed E-state index contributed by atoms with van der Waals surface area (Å²) in [7, 11) is 0. The molecule has 3 heterocycles. The van der Waals surface area contributed by atoms with Gasteiger partial charge < -0.3 is 9.88 Å². The van der Waals surface area contributed by atoms with Crippen LogP contribution < -0.4 is 5.32 Å². The van der Waals surface area contributed by atoms with Crippen molar-refractivity contribution in [3.8, 4) is 5.69 Å². The second kappa shape index (κ2) is 8.77. The van der Waals surface area contributed by atoms with Gasteiger partial charge in [-0.1, -0.05) is 20.3 Å². The Labute approximate surface area is 175 Å². The Morgan fingerprint density at radius 2 is 1.97 bits per heavy atom. The number of amides is 1. The van der Waals surface area contributed by atoms with Gasteiger partial charge in [0.25, 0.3) is 5.91 Å². The lowest BCUT2D eigenvalue weighted by atomic mass is 10.0. The molecule has 1 aromatic carbocycles. The van der Waals surface area contributed by atoms with Gasteiger partial charge in [-0.25, -0.2) is 9.07 Å². The zero-order valence-corrected chi connectivity index (χ0v) is 17.4. The van der Waals surface area contributed by atoms with Crippen LogP contribution in [-0.4, -0.2) is 37.0 Å². The minimum absolute atomic E-state index is 0.0746. The third-order valence-corrected chi connectivity index (χ3v) is 5.49. The van der Waals surface area contributed by atoms with Gasteiger partial charge in [-0.15, -0.1) is 10.2 Å². The molecule has 30 heavy (non-hydrogen) atoms. The average Bonchev–Trinajstić information content (AvgIpc) is 3.26. The van der Waals surface area contributed by atoms with Crippen LogP contribution in [0.2, 0.25) is 0 Å². The molecule has 0 unspecified atom stereocenters. The molecule has 7 nitrogen and oxygen atoms in total. The van der Waals surface area contributed by atoms with Crippen LogP contribution in [0, 0.1) is 5.82 Å². The van der Waals surface area contributed by atoms with Crippen LogP contribution in [0.1, 0.15) is 66.7 Å². The number of carbonyl (C=O) groups is 1. The molecule has 4 rings (SSSR count). The first-order valence-electron chi connectivity index (χ1n) is 10.6. The molecule has 0 saturated heterocycles. The molecule has 0 aliphatic carbocycles. The molecule has 0 saturated carbocycles. The summed E-state index contributed by atoms with van der Waals surface area (Å²) < 4.78 is 17.2. The van der Waals surface area contributed by atoms with Crippen LogP contribution in [-0.2, 0) is 19.4 Å². The number of nitrogens with zero attached hydrogens (tertiary/aromatic N) is 5. The molecule has 0 fully saturated rings. The highest BCUT2D eigenvalue weighted by molar-refractivity contribution is 5.95. The van der Waals surface area contributed by atoms with E-state index in [0.717, 1.165) is 48.8 Å². The van der Waals surface area contributed by atoms with Gasteiger partial charge in [0.05, 0.1) is 23.1 Å². The second-order valence-electron chi connectivity index (χ2n) is 7.99. The number of benzene rings is 1. The minimum Gasteiger partial charge on any atom is -0.351 e. The number of hydrogen-bond acceptors (Lipinski definition) is 4. The van der Waals surface area contributed by atoms with E-state index >= 15 is 0 Å². The van der Waals surface area contributed by atoms with Crippen LogP contribution >= 0.6 is 0 Å². The second-order valence-corrected chi connectivity index (χ2v) is 7.99.